The Balaban J connectivity index is 5.67. The van der Waals surface area contributed by atoms with Crippen LogP contribution in [-0.2, 0) is 9.53 Å². The first-order valence-electron chi connectivity index (χ1n) is 11.5. The summed E-state index contributed by atoms with van der Waals surface area (Å²) in [5, 5.41) is 10.7. The van der Waals surface area contributed by atoms with Gasteiger partial charge in [-0.25, -0.2) is 0 Å². The molecule has 0 fully saturated rings. The number of esters is 1. The van der Waals surface area contributed by atoms with Crippen molar-refractivity contribution < 1.29 is 14.6 Å². The van der Waals surface area contributed by atoms with Crippen molar-refractivity contribution in [3.05, 3.63) is 9.67 Å². The molecule has 0 aliphatic heterocycles. The molecule has 0 aromatic carbocycles. The third kappa shape index (κ3) is 12.2. The van der Waals surface area contributed by atoms with Gasteiger partial charge >= 0.3 is 173 Å². The van der Waals surface area contributed by atoms with Crippen LogP contribution in [0.4, 0.5) is 0 Å². The molecule has 1 N–H and O–H groups in total. The number of unbranched alkanes of at least 4 members (excludes halogenated alkanes) is 5. The van der Waals surface area contributed by atoms with Gasteiger partial charge in [0.15, 0.2) is 0 Å². The van der Waals surface area contributed by atoms with Crippen molar-refractivity contribution in [3.8, 4) is 0 Å². The van der Waals surface area contributed by atoms with E-state index in [1.807, 2.05) is 0 Å². The SMILES string of the molecule is CCCCCC(O)/C=[C](\COC(C)=O)[Sn]([CH2]CCC)([CH2]CCC)[CH2]CCC. The van der Waals surface area contributed by atoms with Crippen LogP contribution in [0.5, 0.6) is 0 Å². The molecule has 0 saturated heterocycles. The second kappa shape index (κ2) is 16.9. The van der Waals surface area contributed by atoms with Crippen molar-refractivity contribution in [2.45, 2.75) is 118 Å². The Kier molecular flexibility index (Phi) is 16.9. The number of aliphatic hydroxyl groups is 1. The van der Waals surface area contributed by atoms with Crippen LogP contribution in [0.2, 0.25) is 13.3 Å². The van der Waals surface area contributed by atoms with E-state index in [4.69, 9.17) is 4.74 Å². The van der Waals surface area contributed by atoms with Crippen LogP contribution in [0, 0.1) is 0 Å². The van der Waals surface area contributed by atoms with E-state index >= 15 is 0 Å². The molecule has 0 aliphatic carbocycles. The van der Waals surface area contributed by atoms with E-state index in [0.29, 0.717) is 6.61 Å². The Morgan fingerprint density at radius 2 is 1.37 bits per heavy atom. The van der Waals surface area contributed by atoms with Crippen molar-refractivity contribution in [1.82, 2.24) is 0 Å². The Morgan fingerprint density at radius 1 is 0.889 bits per heavy atom. The summed E-state index contributed by atoms with van der Waals surface area (Å²) in [4.78, 5) is 11.5. The molecule has 0 aliphatic rings. The van der Waals surface area contributed by atoms with Gasteiger partial charge in [-0.15, -0.1) is 0 Å². The maximum atomic E-state index is 11.5. The van der Waals surface area contributed by atoms with Crippen molar-refractivity contribution in [3.63, 3.8) is 0 Å². The van der Waals surface area contributed by atoms with Gasteiger partial charge in [0.1, 0.15) is 0 Å². The summed E-state index contributed by atoms with van der Waals surface area (Å²) in [6, 6.07) is 0. The number of ether oxygens (including phenoxy) is 1. The maximum absolute atomic E-state index is 11.5. The second-order valence-corrected chi connectivity index (χ2v) is 21.5. The van der Waals surface area contributed by atoms with Gasteiger partial charge < -0.3 is 0 Å². The number of hydrogen-bond acceptors (Lipinski definition) is 3. The Bertz CT molecular complexity index is 385. The van der Waals surface area contributed by atoms with E-state index in [9.17, 15) is 9.90 Å². The predicted molar refractivity (Wildman–Crippen MR) is 120 cm³/mol. The van der Waals surface area contributed by atoms with E-state index < -0.39 is 18.4 Å². The van der Waals surface area contributed by atoms with Crippen LogP contribution in [0.15, 0.2) is 9.67 Å². The number of hydrogen-bond donors (Lipinski definition) is 1. The van der Waals surface area contributed by atoms with Gasteiger partial charge in [-0.05, 0) is 0 Å². The quantitative estimate of drug-likeness (QED) is 0.139. The average molecular weight is 489 g/mol. The third-order valence-corrected chi connectivity index (χ3v) is 21.6. The summed E-state index contributed by atoms with van der Waals surface area (Å²) in [6.45, 7) is 10.9. The van der Waals surface area contributed by atoms with Crippen molar-refractivity contribution in [2.24, 2.45) is 0 Å². The first kappa shape index (κ1) is 27.0. The Morgan fingerprint density at radius 3 is 1.78 bits per heavy atom. The predicted octanol–water partition coefficient (Wildman–Crippen LogP) is 6.81. The summed E-state index contributed by atoms with van der Waals surface area (Å²) < 4.78 is 10.9. The molecule has 4 heteroatoms. The minimum atomic E-state index is -2.66. The zero-order valence-corrected chi connectivity index (χ0v) is 21.7. The Hall–Kier alpha value is -0.0313. The van der Waals surface area contributed by atoms with E-state index in [2.05, 4.69) is 33.8 Å². The zero-order chi connectivity index (χ0) is 20.5. The van der Waals surface area contributed by atoms with Gasteiger partial charge in [-0.2, -0.15) is 0 Å². The van der Waals surface area contributed by atoms with Crippen LogP contribution in [0.1, 0.15) is 98.8 Å². The summed E-state index contributed by atoms with van der Waals surface area (Å²) in [7, 11) is 0. The van der Waals surface area contributed by atoms with Crippen molar-refractivity contribution >= 4 is 24.3 Å². The van der Waals surface area contributed by atoms with Crippen LogP contribution in [0.3, 0.4) is 0 Å². The van der Waals surface area contributed by atoms with E-state index in [-0.39, 0.29) is 12.1 Å². The molecule has 3 nitrogen and oxygen atoms in total. The molecule has 0 saturated carbocycles. The van der Waals surface area contributed by atoms with Gasteiger partial charge in [0, 0.05) is 0 Å². The topological polar surface area (TPSA) is 46.5 Å². The fourth-order valence-corrected chi connectivity index (χ4v) is 20.2. The monoisotopic (exact) mass is 490 g/mol. The van der Waals surface area contributed by atoms with Gasteiger partial charge in [0.05, 0.1) is 0 Å². The molecular formula is C23H46O3Sn. The van der Waals surface area contributed by atoms with Gasteiger partial charge in [-0.1, -0.05) is 0 Å². The molecule has 0 heterocycles. The van der Waals surface area contributed by atoms with Crippen molar-refractivity contribution in [1.29, 1.82) is 0 Å². The fraction of sp³-hybridized carbons (Fsp3) is 0.870. The molecule has 1 unspecified atom stereocenters. The molecule has 0 radical (unpaired) electrons. The van der Waals surface area contributed by atoms with Gasteiger partial charge in [0.2, 0.25) is 0 Å². The summed E-state index contributed by atoms with van der Waals surface area (Å²) >= 11 is -2.66. The fourth-order valence-electron chi connectivity index (χ4n) is 3.88. The molecule has 0 aromatic heterocycles. The standard InChI is InChI=1S/C11H19O3.3C4H9.Sn/c1-3-4-5-7-11(13)8-6-9-14-10(2)12;3*1-3-4-2;/h8,11,13H,3-5,7,9H2,1-2H3;3*1,3-4H2,2H3;. The summed E-state index contributed by atoms with van der Waals surface area (Å²) in [5.41, 5.74) is 0. The molecule has 0 spiro atoms. The molecule has 0 bridgehead atoms. The minimum absolute atomic E-state index is 0.206. The first-order chi connectivity index (χ1) is 13.0. The van der Waals surface area contributed by atoms with E-state index in [0.717, 1.165) is 12.8 Å². The normalized spacial score (nSPS) is 13.6. The molecule has 0 aromatic rings. The average Bonchev–Trinajstić information content (AvgIpc) is 2.65. The summed E-state index contributed by atoms with van der Waals surface area (Å²) in [5.74, 6) is -0.206. The van der Waals surface area contributed by atoms with Gasteiger partial charge in [0.25, 0.3) is 0 Å². The van der Waals surface area contributed by atoms with Crippen molar-refractivity contribution in [2.75, 3.05) is 6.61 Å². The molecule has 160 valence electrons. The Labute approximate surface area is 173 Å². The van der Waals surface area contributed by atoms with Crippen LogP contribution in [0.25, 0.3) is 0 Å². The third-order valence-electron chi connectivity index (χ3n) is 5.64. The van der Waals surface area contributed by atoms with Crippen LogP contribution >= 0.6 is 0 Å². The molecular weight excluding hydrogens is 443 g/mol. The van der Waals surface area contributed by atoms with Crippen LogP contribution in [-0.4, -0.2) is 42.2 Å². The number of carbonyl (C=O) groups excluding carboxylic acids is 1. The summed E-state index contributed by atoms with van der Waals surface area (Å²) in [6.07, 6.45) is 13.4. The van der Waals surface area contributed by atoms with E-state index in [1.54, 1.807) is 0 Å². The van der Waals surface area contributed by atoms with E-state index in [1.165, 1.54) is 75.2 Å². The molecule has 1 atom stereocenters. The molecule has 0 rings (SSSR count). The molecule has 0 amide bonds. The first-order valence-corrected chi connectivity index (χ1v) is 19.0. The zero-order valence-electron chi connectivity index (χ0n) is 18.8. The number of aliphatic hydroxyl groups excluding tert-OH is 1. The molecule has 27 heavy (non-hydrogen) atoms. The second-order valence-electron chi connectivity index (χ2n) is 8.13. The number of rotatable bonds is 17. The van der Waals surface area contributed by atoms with Crippen LogP contribution < -0.4 is 0 Å². The number of carbonyl (C=O) groups is 1. The van der Waals surface area contributed by atoms with Gasteiger partial charge in [-0.3, -0.25) is 0 Å².